The minimum atomic E-state index is -4.89. The number of hydrogen-bond acceptors (Lipinski definition) is 8. The van der Waals surface area contributed by atoms with Gasteiger partial charge in [0.05, 0.1) is 78.9 Å². The van der Waals surface area contributed by atoms with Gasteiger partial charge >= 0.3 is 24.7 Å². The van der Waals surface area contributed by atoms with E-state index in [1.165, 1.54) is 70.4 Å². The van der Waals surface area contributed by atoms with Crippen molar-refractivity contribution in [2.45, 2.75) is 38.6 Å². The maximum Gasteiger partial charge on any atom is 0.418 e. The zero-order chi connectivity index (χ0) is 91.7. The van der Waals surface area contributed by atoms with Gasteiger partial charge < -0.3 is 40.9 Å². The second kappa shape index (κ2) is 38.3. The summed E-state index contributed by atoms with van der Waals surface area (Å²) in [5.41, 5.74) is -10.1. The van der Waals surface area contributed by atoms with Crippen molar-refractivity contribution in [1.29, 1.82) is 0 Å². The molecule has 0 aliphatic carbocycles. The molecule has 12 nitrogen and oxygen atoms in total. The van der Waals surface area contributed by atoms with E-state index in [0.29, 0.717) is 29.8 Å². The molecule has 0 aliphatic rings. The largest absolute Gasteiger partial charge is 0.418 e. The molecule has 0 unspecified atom stereocenters. The first kappa shape index (κ1) is 93.8. The summed E-state index contributed by atoms with van der Waals surface area (Å²) < 4.78 is 354. The lowest BCUT2D eigenvalue weighted by Gasteiger charge is -2.24. The number of amides is 4. The average molecular weight is 1760 g/mol. The molecule has 0 aliphatic heterocycles. The van der Waals surface area contributed by atoms with Crippen molar-refractivity contribution < 1.29 is 133 Å². The molecule has 0 saturated carbocycles. The highest BCUT2D eigenvalue weighted by atomic mass is 19.4. The number of alkyl halides is 12. The van der Waals surface area contributed by atoms with Crippen molar-refractivity contribution in [3.8, 4) is 0 Å². The quantitative estimate of drug-likeness (QED) is 0.0704. The molecule has 0 radical (unpaired) electrons. The number of rotatable bonds is 16. The van der Waals surface area contributed by atoms with E-state index in [2.05, 4.69) is 21.3 Å². The molecule has 12 aromatic rings. The fourth-order valence-corrected chi connectivity index (χ4v) is 12.0. The lowest BCUT2D eigenvalue weighted by Crippen LogP contribution is -2.19. The fraction of sp³-hybridized carbons (Fsp3) is 0.116. The number of hydrogen-bond donors (Lipinski definition) is 4. The molecule has 0 fully saturated rings. The fourth-order valence-electron chi connectivity index (χ4n) is 12.0. The van der Waals surface area contributed by atoms with Crippen LogP contribution in [0.4, 0.5) is 182 Å². The number of halogens is 26. The summed E-state index contributed by atoms with van der Waals surface area (Å²) in [7, 11) is 4.68. The zero-order valence-corrected chi connectivity index (χ0v) is 64.0. The van der Waals surface area contributed by atoms with Crippen molar-refractivity contribution in [1.82, 2.24) is 0 Å². The molecule has 0 aromatic heterocycles. The predicted molar refractivity (Wildman–Crippen MR) is 410 cm³/mol. The lowest BCUT2D eigenvalue weighted by atomic mass is 10.1. The Hall–Kier alpha value is -14.1. The molecule has 648 valence electrons. The third-order valence-electron chi connectivity index (χ3n) is 17.9. The summed E-state index contributed by atoms with van der Waals surface area (Å²) in [6.07, 6.45) is -19.5. The summed E-state index contributed by atoms with van der Waals surface area (Å²) in [4.78, 5) is 52.4. The van der Waals surface area contributed by atoms with E-state index in [0.717, 1.165) is 185 Å². The molecule has 0 bridgehead atoms. The predicted octanol–water partition coefficient (Wildman–Crippen LogP) is 25.5. The standard InChI is InChI=1S/C22H15F7N2O.C22H16F6N2O.C21H13F7N2O.C21H14F6N2O/c1-11-7-16(25)20(17(26)8-11)21(32)30-13-4-6-19(15(24)10-13)31(2)18-5-3-12(23)9-14(18)22(27,28)29;1-12-4-3-5-16(24)20(12)21(31)29-14-7-9-19(17(25)11-14)30(2)18-8-6-13(23)10-15(18)22(26,27)28;1-30(17-7-5-11(22)9-13(17)21(26,27)28)18-8-6-12(10-16(18)25)29-20(31)19-14(23)3-2-4-15(19)24;1-29(18-8-6-12(22)10-15(18)21(25,26)27)19-9-7-13(11-17(19)24)28-20(30)14-4-2-3-5-16(14)23/h3-10H,1-2H3,(H,30,32);3-11H,1-2H3,(H,29,31);2-10H,1H3,(H,29,31);2-11H,1H3,(H,28,30). The highest BCUT2D eigenvalue weighted by Crippen LogP contribution is 2.45. The van der Waals surface area contributed by atoms with Crippen LogP contribution in [0.15, 0.2) is 218 Å². The van der Waals surface area contributed by atoms with Crippen molar-refractivity contribution in [3.05, 3.63) is 355 Å². The van der Waals surface area contributed by atoms with E-state index < -0.39 is 186 Å². The zero-order valence-electron chi connectivity index (χ0n) is 64.0. The summed E-state index contributed by atoms with van der Waals surface area (Å²) >= 11 is 0. The van der Waals surface area contributed by atoms with Crippen LogP contribution in [-0.4, -0.2) is 51.8 Å². The van der Waals surface area contributed by atoms with E-state index in [-0.39, 0.29) is 62.2 Å². The van der Waals surface area contributed by atoms with Crippen LogP contribution >= 0.6 is 0 Å². The van der Waals surface area contributed by atoms with Crippen LogP contribution in [0.25, 0.3) is 0 Å². The van der Waals surface area contributed by atoms with Gasteiger partial charge in [-0.1, -0.05) is 30.3 Å². The number of benzene rings is 12. The molecule has 0 saturated heterocycles. The summed E-state index contributed by atoms with van der Waals surface area (Å²) in [6.45, 7) is 2.97. The summed E-state index contributed by atoms with van der Waals surface area (Å²) in [5, 5.41) is 8.95. The molecule has 4 amide bonds. The highest BCUT2D eigenvalue weighted by Gasteiger charge is 2.40. The highest BCUT2D eigenvalue weighted by molar-refractivity contribution is 6.07. The van der Waals surface area contributed by atoms with Crippen LogP contribution in [0.1, 0.15) is 74.8 Å². The molecule has 12 aromatic carbocycles. The minimum absolute atomic E-state index is 0.0162. The van der Waals surface area contributed by atoms with Crippen LogP contribution in [0, 0.1) is 95.3 Å². The second-order valence-electron chi connectivity index (χ2n) is 26.5. The molecular formula is C86H58F26N8O4. The van der Waals surface area contributed by atoms with E-state index in [1.54, 1.807) is 0 Å². The van der Waals surface area contributed by atoms with E-state index in [4.69, 9.17) is 0 Å². The Bertz CT molecular complexity index is 5780. The molecule has 12 rings (SSSR count). The van der Waals surface area contributed by atoms with Crippen molar-refractivity contribution in [2.75, 3.05) is 69.1 Å². The van der Waals surface area contributed by atoms with Crippen LogP contribution in [0.2, 0.25) is 0 Å². The molecule has 4 N–H and O–H groups in total. The molecular weight excluding hydrogens is 1700 g/mol. The van der Waals surface area contributed by atoms with Gasteiger partial charge in [0.1, 0.15) is 92.6 Å². The molecule has 0 atom stereocenters. The lowest BCUT2D eigenvalue weighted by molar-refractivity contribution is -0.138. The van der Waals surface area contributed by atoms with Gasteiger partial charge in [-0.15, -0.1) is 0 Å². The second-order valence-corrected chi connectivity index (χ2v) is 26.5. The number of nitrogens with zero attached hydrogens (tertiary/aromatic N) is 4. The Morgan fingerprint density at radius 3 is 0.758 bits per heavy atom. The number of anilines is 12. The van der Waals surface area contributed by atoms with Crippen molar-refractivity contribution in [2.24, 2.45) is 0 Å². The van der Waals surface area contributed by atoms with E-state index in [9.17, 15) is 133 Å². The number of carbonyl (C=O) groups excluding carboxylic acids is 4. The average Bonchev–Trinajstić information content (AvgIpc) is 0.797. The van der Waals surface area contributed by atoms with Crippen LogP contribution < -0.4 is 40.9 Å². The normalized spacial score (nSPS) is 11.4. The van der Waals surface area contributed by atoms with Gasteiger partial charge in [-0.25, -0.2) is 61.5 Å². The summed E-state index contributed by atoms with van der Waals surface area (Å²) in [6, 6.07) is 34.6. The smallest absolute Gasteiger partial charge is 0.342 e. The minimum Gasteiger partial charge on any atom is -0.342 e. The van der Waals surface area contributed by atoms with Gasteiger partial charge in [-0.3, -0.25) is 19.2 Å². The Balaban J connectivity index is 0.000000187. The monoisotopic (exact) mass is 1760 g/mol. The van der Waals surface area contributed by atoms with Gasteiger partial charge in [0, 0.05) is 50.9 Å². The van der Waals surface area contributed by atoms with Crippen LogP contribution in [-0.2, 0) is 24.7 Å². The first-order valence-corrected chi connectivity index (χ1v) is 35.2. The first-order chi connectivity index (χ1) is 57.9. The van der Waals surface area contributed by atoms with Gasteiger partial charge in [-0.05, 0) is 213 Å². The molecule has 38 heteroatoms. The Kier molecular flexibility index (Phi) is 29.0. The Morgan fingerprint density at radius 2 is 0.484 bits per heavy atom. The Labute approximate surface area is 685 Å². The van der Waals surface area contributed by atoms with Crippen molar-refractivity contribution in [3.63, 3.8) is 0 Å². The molecule has 0 spiro atoms. The topological polar surface area (TPSA) is 129 Å². The van der Waals surface area contributed by atoms with Gasteiger partial charge in [0.25, 0.3) is 23.6 Å². The van der Waals surface area contributed by atoms with Crippen LogP contribution in [0.5, 0.6) is 0 Å². The SMILES string of the molecule is CN(c1ccc(NC(=O)c2c(F)cccc2F)cc1F)c1ccc(F)cc1C(F)(F)F.CN(c1ccc(NC(=O)c2ccccc2F)cc1F)c1ccc(F)cc1C(F)(F)F.Cc1cc(F)c(C(=O)Nc2ccc(N(C)c3ccc(F)cc3C(F)(F)F)c(F)c2)c(F)c1.Cc1cccc(F)c1C(=O)Nc1ccc(N(C)c2ccc(F)cc2C(F)(F)F)c(F)c1. The van der Waals surface area contributed by atoms with E-state index >= 15 is 0 Å². The Morgan fingerprint density at radius 1 is 0.242 bits per heavy atom. The van der Waals surface area contributed by atoms with Gasteiger partial charge in [0.15, 0.2) is 0 Å². The summed E-state index contributed by atoms with van der Waals surface area (Å²) in [5.74, 6) is -18.2. The maximum atomic E-state index is 14.7. The third-order valence-corrected chi connectivity index (χ3v) is 17.9. The third kappa shape index (κ3) is 22.7. The van der Waals surface area contributed by atoms with Crippen LogP contribution in [0.3, 0.4) is 0 Å². The first-order valence-electron chi connectivity index (χ1n) is 35.2. The number of carbonyl (C=O) groups is 4. The van der Waals surface area contributed by atoms with Crippen molar-refractivity contribution >= 4 is 91.9 Å². The maximum absolute atomic E-state index is 14.7. The van der Waals surface area contributed by atoms with Gasteiger partial charge in [0.2, 0.25) is 0 Å². The molecule has 124 heavy (non-hydrogen) atoms. The number of aryl methyl sites for hydroxylation is 2. The van der Waals surface area contributed by atoms with E-state index in [1.807, 2.05) is 0 Å². The number of nitrogens with one attached hydrogen (secondary N) is 4. The van der Waals surface area contributed by atoms with Gasteiger partial charge in [-0.2, -0.15) is 52.7 Å². The molecule has 0 heterocycles.